The number of thiophene rings is 1. The van der Waals surface area contributed by atoms with E-state index in [9.17, 15) is 5.11 Å². The number of anilines is 1. The van der Waals surface area contributed by atoms with E-state index < -0.39 is 0 Å². The van der Waals surface area contributed by atoms with Crippen molar-refractivity contribution in [1.29, 1.82) is 0 Å². The van der Waals surface area contributed by atoms with Crippen molar-refractivity contribution in [3.63, 3.8) is 0 Å². The fraction of sp³-hybridized carbons (Fsp3) is 0.500. The van der Waals surface area contributed by atoms with E-state index in [0.717, 1.165) is 56.2 Å². The Bertz CT molecular complexity index is 966. The van der Waals surface area contributed by atoms with Crippen LogP contribution in [0.2, 0.25) is 0 Å². The summed E-state index contributed by atoms with van der Waals surface area (Å²) in [5.41, 5.74) is 2.11. The van der Waals surface area contributed by atoms with E-state index in [0.29, 0.717) is 17.8 Å². The molecule has 0 saturated heterocycles. The van der Waals surface area contributed by atoms with Crippen molar-refractivity contribution in [3.05, 3.63) is 21.2 Å². The molecule has 6 nitrogen and oxygen atoms in total. The van der Waals surface area contributed by atoms with Crippen LogP contribution in [-0.4, -0.2) is 37.3 Å². The van der Waals surface area contributed by atoms with Crippen molar-refractivity contribution in [2.24, 2.45) is 13.0 Å². The molecule has 3 heterocycles. The number of nitrogens with one attached hydrogen (secondary N) is 1. The number of nitrogens with zero attached hydrogens (tertiary/aromatic N) is 4. The predicted molar refractivity (Wildman–Crippen MR) is 109 cm³/mol. The molecule has 4 rings (SSSR count). The molecule has 1 aliphatic rings. The van der Waals surface area contributed by atoms with Gasteiger partial charge in [-0.3, -0.25) is 0 Å². The molecule has 0 spiro atoms. The Morgan fingerprint density at radius 2 is 2.12 bits per heavy atom. The minimum absolute atomic E-state index is 0.262. The standard InChI is InChI=1S/C18H22BrN5OS/c1-9-7-24(3)17(20-9)16-22-15(21-12-5-4-11(6-12)8-25)13-10(2)14(19)26-18(13)23-16/h7,11-12,25H,4-6,8H2,1-3H3,(H,21,22,23). The van der Waals surface area contributed by atoms with Crippen LogP contribution in [0.15, 0.2) is 9.98 Å². The molecular weight excluding hydrogens is 414 g/mol. The summed E-state index contributed by atoms with van der Waals surface area (Å²) in [5, 5.41) is 14.1. The third-order valence-electron chi connectivity index (χ3n) is 5.07. The Labute approximate surface area is 164 Å². The second-order valence-electron chi connectivity index (χ2n) is 7.10. The highest BCUT2D eigenvalue weighted by atomic mass is 79.9. The van der Waals surface area contributed by atoms with Gasteiger partial charge in [-0.05, 0) is 60.5 Å². The molecule has 3 aromatic heterocycles. The summed E-state index contributed by atoms with van der Waals surface area (Å²) in [5.74, 6) is 2.67. The van der Waals surface area contributed by atoms with Crippen molar-refractivity contribution < 1.29 is 5.11 Å². The fourth-order valence-electron chi connectivity index (χ4n) is 3.71. The summed E-state index contributed by atoms with van der Waals surface area (Å²) >= 11 is 5.27. The monoisotopic (exact) mass is 435 g/mol. The highest BCUT2D eigenvalue weighted by Crippen LogP contribution is 2.39. The Morgan fingerprint density at radius 3 is 2.77 bits per heavy atom. The van der Waals surface area contributed by atoms with Crippen molar-refractivity contribution in [3.8, 4) is 11.6 Å². The Kier molecular flexibility index (Phi) is 4.75. The number of rotatable bonds is 4. The number of aliphatic hydroxyl groups is 1. The quantitative estimate of drug-likeness (QED) is 0.646. The number of imidazole rings is 1. The summed E-state index contributed by atoms with van der Waals surface area (Å²) in [6.45, 7) is 4.33. The molecule has 1 aliphatic carbocycles. The zero-order chi connectivity index (χ0) is 18.4. The van der Waals surface area contributed by atoms with Crippen LogP contribution in [0.3, 0.4) is 0 Å². The second-order valence-corrected chi connectivity index (χ2v) is 9.41. The second kappa shape index (κ2) is 6.90. The molecule has 2 unspecified atom stereocenters. The first-order valence-corrected chi connectivity index (χ1v) is 10.4. The maximum absolute atomic E-state index is 9.43. The summed E-state index contributed by atoms with van der Waals surface area (Å²) in [4.78, 5) is 15.2. The smallest absolute Gasteiger partial charge is 0.199 e. The van der Waals surface area contributed by atoms with Gasteiger partial charge in [-0.2, -0.15) is 0 Å². The lowest BCUT2D eigenvalue weighted by atomic mass is 10.1. The van der Waals surface area contributed by atoms with E-state index >= 15 is 0 Å². The first-order chi connectivity index (χ1) is 12.5. The molecule has 1 saturated carbocycles. The van der Waals surface area contributed by atoms with Gasteiger partial charge in [0.15, 0.2) is 11.6 Å². The average Bonchev–Trinajstić information content (AvgIpc) is 3.26. The van der Waals surface area contributed by atoms with Gasteiger partial charge < -0.3 is 15.0 Å². The minimum Gasteiger partial charge on any atom is -0.396 e. The number of aryl methyl sites for hydroxylation is 3. The van der Waals surface area contributed by atoms with Gasteiger partial charge in [-0.15, -0.1) is 11.3 Å². The highest BCUT2D eigenvalue weighted by molar-refractivity contribution is 9.11. The zero-order valence-corrected chi connectivity index (χ0v) is 17.5. The first-order valence-electron chi connectivity index (χ1n) is 8.80. The molecule has 0 aromatic carbocycles. The number of aliphatic hydroxyl groups excluding tert-OH is 1. The average molecular weight is 436 g/mol. The number of hydrogen-bond acceptors (Lipinski definition) is 6. The van der Waals surface area contributed by atoms with Crippen LogP contribution < -0.4 is 5.32 Å². The van der Waals surface area contributed by atoms with Gasteiger partial charge in [-0.1, -0.05) is 0 Å². The molecule has 8 heteroatoms. The van der Waals surface area contributed by atoms with E-state index in [1.54, 1.807) is 11.3 Å². The van der Waals surface area contributed by atoms with Crippen LogP contribution >= 0.6 is 27.3 Å². The van der Waals surface area contributed by atoms with Crippen LogP contribution in [0.1, 0.15) is 30.5 Å². The van der Waals surface area contributed by atoms with E-state index in [-0.39, 0.29) is 6.61 Å². The molecule has 0 amide bonds. The maximum atomic E-state index is 9.43. The van der Waals surface area contributed by atoms with Gasteiger partial charge in [0.05, 0.1) is 14.9 Å². The van der Waals surface area contributed by atoms with Crippen molar-refractivity contribution in [1.82, 2.24) is 19.5 Å². The van der Waals surface area contributed by atoms with Crippen molar-refractivity contribution >= 4 is 43.3 Å². The third-order valence-corrected chi connectivity index (χ3v) is 7.12. The molecule has 3 aromatic rings. The van der Waals surface area contributed by atoms with Gasteiger partial charge in [0.1, 0.15) is 10.6 Å². The number of aromatic nitrogens is 4. The normalized spacial score (nSPS) is 20.2. The molecule has 2 N–H and O–H groups in total. The van der Waals surface area contributed by atoms with Crippen LogP contribution in [0.4, 0.5) is 5.82 Å². The Balaban J connectivity index is 1.80. The molecule has 0 aliphatic heterocycles. The van der Waals surface area contributed by atoms with Crippen LogP contribution in [0.25, 0.3) is 21.9 Å². The number of hydrogen-bond donors (Lipinski definition) is 2. The summed E-state index contributed by atoms with van der Waals surface area (Å²) in [7, 11) is 1.97. The van der Waals surface area contributed by atoms with Gasteiger partial charge in [0.2, 0.25) is 0 Å². The lowest BCUT2D eigenvalue weighted by Crippen LogP contribution is -2.18. The number of fused-ring (bicyclic) bond motifs is 1. The number of halogens is 1. The van der Waals surface area contributed by atoms with Crippen LogP contribution in [0, 0.1) is 19.8 Å². The highest BCUT2D eigenvalue weighted by Gasteiger charge is 2.26. The summed E-state index contributed by atoms with van der Waals surface area (Å²) in [6, 6.07) is 0.333. The van der Waals surface area contributed by atoms with Crippen molar-refractivity contribution in [2.45, 2.75) is 39.2 Å². The molecule has 0 radical (unpaired) electrons. The molecular formula is C18H22BrN5OS. The van der Waals surface area contributed by atoms with E-state index in [1.807, 2.05) is 24.7 Å². The minimum atomic E-state index is 0.262. The Hall–Kier alpha value is -1.51. The first kappa shape index (κ1) is 17.9. The molecule has 2 atom stereocenters. The lowest BCUT2D eigenvalue weighted by molar-refractivity contribution is 0.229. The Morgan fingerprint density at radius 1 is 1.31 bits per heavy atom. The predicted octanol–water partition coefficient (Wildman–Crippen LogP) is 4.04. The summed E-state index contributed by atoms with van der Waals surface area (Å²) in [6.07, 6.45) is 5.07. The van der Waals surface area contributed by atoms with Gasteiger partial charge >= 0.3 is 0 Å². The lowest BCUT2D eigenvalue weighted by Gasteiger charge is -2.15. The molecule has 1 fully saturated rings. The largest absolute Gasteiger partial charge is 0.396 e. The van der Waals surface area contributed by atoms with E-state index in [4.69, 9.17) is 9.97 Å². The van der Waals surface area contributed by atoms with Gasteiger partial charge in [-0.25, -0.2) is 15.0 Å². The van der Waals surface area contributed by atoms with Crippen LogP contribution in [0.5, 0.6) is 0 Å². The SMILES string of the molecule is Cc1cn(C)c(-c2nc(NC3CCC(CO)C3)c3c(C)c(Br)sc3n2)n1. The maximum Gasteiger partial charge on any atom is 0.199 e. The fourth-order valence-corrected chi connectivity index (χ4v) is 5.27. The zero-order valence-electron chi connectivity index (χ0n) is 15.1. The summed E-state index contributed by atoms with van der Waals surface area (Å²) < 4.78 is 3.05. The molecule has 138 valence electrons. The molecule has 0 bridgehead atoms. The third kappa shape index (κ3) is 3.14. The van der Waals surface area contributed by atoms with Crippen molar-refractivity contribution in [2.75, 3.05) is 11.9 Å². The topological polar surface area (TPSA) is 75.9 Å². The van der Waals surface area contributed by atoms with Crippen LogP contribution in [-0.2, 0) is 7.05 Å². The van der Waals surface area contributed by atoms with E-state index in [1.165, 1.54) is 0 Å². The van der Waals surface area contributed by atoms with Gasteiger partial charge in [0.25, 0.3) is 0 Å². The molecule has 26 heavy (non-hydrogen) atoms. The van der Waals surface area contributed by atoms with Gasteiger partial charge in [0, 0.05) is 25.9 Å². The van der Waals surface area contributed by atoms with E-state index in [2.05, 4.69) is 33.2 Å².